The molecule has 0 bridgehead atoms. The van der Waals surface area contributed by atoms with Gasteiger partial charge in [0.2, 0.25) is 0 Å². The van der Waals surface area contributed by atoms with Crippen molar-refractivity contribution in [2.45, 2.75) is 277 Å². The molecule has 0 fully saturated rings. The number of esters is 3. The van der Waals surface area contributed by atoms with Gasteiger partial charge in [0.05, 0.1) is 0 Å². The zero-order chi connectivity index (χ0) is 43.7. The third kappa shape index (κ3) is 46.7. The number of carbonyl (C=O) groups is 3. The van der Waals surface area contributed by atoms with E-state index in [9.17, 15) is 14.4 Å². The van der Waals surface area contributed by atoms with Gasteiger partial charge >= 0.3 is 17.9 Å². The minimum atomic E-state index is -0.773. The lowest BCUT2D eigenvalue weighted by Crippen LogP contribution is -2.30. The van der Waals surface area contributed by atoms with E-state index in [0.29, 0.717) is 19.3 Å². The highest BCUT2D eigenvalue weighted by Crippen LogP contribution is 2.15. The molecule has 0 aromatic heterocycles. The molecule has 0 spiro atoms. The molecule has 6 heteroatoms. The lowest BCUT2D eigenvalue weighted by atomic mass is 10.1. The third-order valence-corrected chi connectivity index (χ3v) is 11.4. The molecule has 1 unspecified atom stereocenters. The van der Waals surface area contributed by atoms with Gasteiger partial charge in [-0.1, -0.05) is 211 Å². The van der Waals surface area contributed by atoms with Gasteiger partial charge in [-0.15, -0.1) is 0 Å². The summed E-state index contributed by atoms with van der Waals surface area (Å²) in [6.07, 6.45) is 57.0. The third-order valence-electron chi connectivity index (χ3n) is 11.4. The molecule has 0 aliphatic rings. The van der Waals surface area contributed by atoms with Crippen molar-refractivity contribution in [3.8, 4) is 0 Å². The molecule has 0 aromatic carbocycles. The normalized spacial score (nSPS) is 12.2. The number of carbonyl (C=O) groups excluding carboxylic acids is 3. The van der Waals surface area contributed by atoms with E-state index >= 15 is 0 Å². The van der Waals surface area contributed by atoms with E-state index in [1.807, 2.05) is 0 Å². The smallest absolute Gasteiger partial charge is 0.306 e. The summed E-state index contributed by atoms with van der Waals surface area (Å²) in [7, 11) is 0. The first-order chi connectivity index (χ1) is 29.5. The summed E-state index contributed by atoms with van der Waals surface area (Å²) in [6.45, 7) is 6.59. The summed E-state index contributed by atoms with van der Waals surface area (Å²) < 4.78 is 16.7. The largest absolute Gasteiger partial charge is 0.462 e. The Labute approximate surface area is 372 Å². The highest BCUT2D eigenvalue weighted by atomic mass is 16.6. The topological polar surface area (TPSA) is 78.9 Å². The zero-order valence-corrected chi connectivity index (χ0v) is 40.0. The van der Waals surface area contributed by atoms with Gasteiger partial charge in [0, 0.05) is 19.3 Å². The van der Waals surface area contributed by atoms with Crippen molar-refractivity contribution in [3.63, 3.8) is 0 Å². The van der Waals surface area contributed by atoms with Gasteiger partial charge in [-0.05, 0) is 77.0 Å². The lowest BCUT2D eigenvalue weighted by molar-refractivity contribution is -0.167. The molecule has 0 saturated heterocycles. The Bertz CT molecular complexity index is 1020. The molecule has 350 valence electrons. The van der Waals surface area contributed by atoms with Gasteiger partial charge in [0.15, 0.2) is 6.10 Å². The number of rotatable bonds is 47. The summed E-state index contributed by atoms with van der Waals surface area (Å²) >= 11 is 0. The van der Waals surface area contributed by atoms with Crippen molar-refractivity contribution in [3.05, 3.63) is 36.5 Å². The van der Waals surface area contributed by atoms with Crippen LogP contribution in [0.5, 0.6) is 0 Å². The van der Waals surface area contributed by atoms with Crippen molar-refractivity contribution in [1.82, 2.24) is 0 Å². The molecule has 60 heavy (non-hydrogen) atoms. The fraction of sp³-hybridized carbons (Fsp3) is 0.833. The van der Waals surface area contributed by atoms with E-state index in [0.717, 1.165) is 70.6 Å². The van der Waals surface area contributed by atoms with Crippen LogP contribution in [0.1, 0.15) is 271 Å². The van der Waals surface area contributed by atoms with Crippen LogP contribution in [0.2, 0.25) is 0 Å². The monoisotopic (exact) mass is 843 g/mol. The molecule has 0 aliphatic carbocycles. The maximum Gasteiger partial charge on any atom is 0.306 e. The molecule has 0 amide bonds. The Morgan fingerprint density at radius 2 is 0.600 bits per heavy atom. The van der Waals surface area contributed by atoms with E-state index in [1.165, 1.54) is 161 Å². The fourth-order valence-electron chi connectivity index (χ4n) is 7.41. The van der Waals surface area contributed by atoms with Gasteiger partial charge < -0.3 is 14.2 Å². The van der Waals surface area contributed by atoms with Crippen LogP contribution in [0.4, 0.5) is 0 Å². The fourth-order valence-corrected chi connectivity index (χ4v) is 7.41. The van der Waals surface area contributed by atoms with Crippen molar-refractivity contribution in [2.24, 2.45) is 0 Å². The Hall–Kier alpha value is -2.37. The minimum absolute atomic E-state index is 0.0746. The summed E-state index contributed by atoms with van der Waals surface area (Å²) in [5.41, 5.74) is 0. The minimum Gasteiger partial charge on any atom is -0.462 e. The Kier molecular flexibility index (Phi) is 47.3. The van der Waals surface area contributed by atoms with Crippen molar-refractivity contribution in [1.29, 1.82) is 0 Å². The number of unbranched alkanes of at least 4 members (excludes halogenated alkanes) is 30. The first kappa shape index (κ1) is 57.6. The van der Waals surface area contributed by atoms with Gasteiger partial charge in [0.1, 0.15) is 13.2 Å². The SMILES string of the molecule is CCCCC/C=C\C/C=C\CCCCCCCCCCCC(=O)OCC(COC(=O)CCCCCCCCCC)OC(=O)CCCCCCC/C=C\CCCCCCCC. The maximum absolute atomic E-state index is 12.8. The summed E-state index contributed by atoms with van der Waals surface area (Å²) in [4.78, 5) is 37.8. The maximum atomic E-state index is 12.8. The van der Waals surface area contributed by atoms with E-state index in [2.05, 4.69) is 57.2 Å². The molecule has 6 nitrogen and oxygen atoms in total. The average molecular weight is 843 g/mol. The molecule has 0 saturated carbocycles. The molecular formula is C54H98O6. The number of hydrogen-bond acceptors (Lipinski definition) is 6. The Morgan fingerprint density at radius 1 is 0.333 bits per heavy atom. The molecular weight excluding hydrogens is 745 g/mol. The second kappa shape index (κ2) is 49.3. The molecule has 1 atom stereocenters. The summed E-state index contributed by atoms with van der Waals surface area (Å²) in [5, 5.41) is 0. The predicted molar refractivity (Wildman–Crippen MR) is 256 cm³/mol. The number of hydrogen-bond donors (Lipinski definition) is 0. The van der Waals surface area contributed by atoms with Crippen LogP contribution in [0.3, 0.4) is 0 Å². The summed E-state index contributed by atoms with van der Waals surface area (Å²) in [6, 6.07) is 0. The average Bonchev–Trinajstić information content (AvgIpc) is 3.24. The predicted octanol–water partition coefficient (Wildman–Crippen LogP) is 16.9. The van der Waals surface area contributed by atoms with Gasteiger partial charge in [0.25, 0.3) is 0 Å². The van der Waals surface area contributed by atoms with Gasteiger partial charge in [-0.25, -0.2) is 0 Å². The molecule has 0 radical (unpaired) electrons. The van der Waals surface area contributed by atoms with E-state index in [4.69, 9.17) is 14.2 Å². The zero-order valence-electron chi connectivity index (χ0n) is 40.0. The first-order valence-electron chi connectivity index (χ1n) is 26.0. The highest BCUT2D eigenvalue weighted by molar-refractivity contribution is 5.71. The van der Waals surface area contributed by atoms with Crippen LogP contribution in [0.25, 0.3) is 0 Å². The van der Waals surface area contributed by atoms with Gasteiger partial charge in [-0.2, -0.15) is 0 Å². The quantitative estimate of drug-likeness (QED) is 0.0263. The number of ether oxygens (including phenoxy) is 3. The Morgan fingerprint density at radius 3 is 0.967 bits per heavy atom. The van der Waals surface area contributed by atoms with Crippen LogP contribution in [-0.2, 0) is 28.6 Å². The van der Waals surface area contributed by atoms with Crippen LogP contribution in [-0.4, -0.2) is 37.2 Å². The molecule has 0 aliphatic heterocycles. The van der Waals surface area contributed by atoms with E-state index in [-0.39, 0.29) is 31.1 Å². The van der Waals surface area contributed by atoms with Crippen molar-refractivity contribution >= 4 is 17.9 Å². The second-order valence-electron chi connectivity index (χ2n) is 17.4. The van der Waals surface area contributed by atoms with Crippen LogP contribution < -0.4 is 0 Å². The molecule has 0 aromatic rings. The molecule has 0 heterocycles. The van der Waals surface area contributed by atoms with Crippen LogP contribution in [0, 0.1) is 0 Å². The van der Waals surface area contributed by atoms with Crippen LogP contribution >= 0.6 is 0 Å². The second-order valence-corrected chi connectivity index (χ2v) is 17.4. The lowest BCUT2D eigenvalue weighted by Gasteiger charge is -2.18. The summed E-state index contributed by atoms with van der Waals surface area (Å²) in [5.74, 6) is -0.883. The first-order valence-corrected chi connectivity index (χ1v) is 26.0. The van der Waals surface area contributed by atoms with Crippen LogP contribution in [0.15, 0.2) is 36.5 Å². The molecule has 0 N–H and O–H groups in total. The van der Waals surface area contributed by atoms with Crippen molar-refractivity contribution < 1.29 is 28.6 Å². The van der Waals surface area contributed by atoms with E-state index in [1.54, 1.807) is 0 Å². The standard InChI is InChI=1S/C54H98O6/c1-4-7-10-13-16-19-21-23-25-26-27-28-30-31-33-35-38-41-44-47-53(56)59-50-51(49-58-52(55)46-43-40-37-18-15-12-9-6-3)60-54(57)48-45-42-39-36-34-32-29-24-22-20-17-14-11-8-5-2/h16,19,23-25,29,51H,4-15,17-18,20-22,26-28,30-50H2,1-3H3/b19-16-,25-23-,29-24-. The Balaban J connectivity index is 4.27. The van der Waals surface area contributed by atoms with Crippen molar-refractivity contribution in [2.75, 3.05) is 13.2 Å². The van der Waals surface area contributed by atoms with E-state index < -0.39 is 6.10 Å². The van der Waals surface area contributed by atoms with Gasteiger partial charge in [-0.3, -0.25) is 14.4 Å². The molecule has 0 rings (SSSR count). The highest BCUT2D eigenvalue weighted by Gasteiger charge is 2.19. The number of allylic oxidation sites excluding steroid dienone is 6.